The Morgan fingerprint density at radius 3 is 2.75 bits per heavy atom. The van der Waals surface area contributed by atoms with E-state index in [1.807, 2.05) is 17.8 Å². The van der Waals surface area contributed by atoms with Gasteiger partial charge in [-0.25, -0.2) is 0 Å². The first-order chi connectivity index (χ1) is 7.63. The number of hydrogen-bond donors (Lipinski definition) is 1. The molecule has 5 heteroatoms. The van der Waals surface area contributed by atoms with Gasteiger partial charge in [-0.3, -0.25) is 4.68 Å². The van der Waals surface area contributed by atoms with Crippen molar-refractivity contribution >= 4 is 22.9 Å². The lowest BCUT2D eigenvalue weighted by Gasteiger charge is -2.14. The Bertz CT molecular complexity index is 470. The maximum Gasteiger partial charge on any atom is 0.0985 e. The van der Waals surface area contributed by atoms with Gasteiger partial charge in [-0.05, 0) is 30.9 Å². The summed E-state index contributed by atoms with van der Waals surface area (Å²) in [6.07, 6.45) is 1.84. The van der Waals surface area contributed by atoms with Crippen molar-refractivity contribution in [3.8, 4) is 0 Å². The molecule has 0 amide bonds. The minimum atomic E-state index is 0.0891. The van der Waals surface area contributed by atoms with Crippen molar-refractivity contribution in [3.63, 3.8) is 0 Å². The van der Waals surface area contributed by atoms with Crippen molar-refractivity contribution < 1.29 is 0 Å². The SMILES string of the molecule is Cc1ccsc1C(CN)n1cc(Cl)c(C)n1. The van der Waals surface area contributed by atoms with E-state index in [-0.39, 0.29) is 6.04 Å². The Balaban J connectivity index is 2.40. The zero-order valence-corrected chi connectivity index (χ0v) is 10.8. The van der Waals surface area contributed by atoms with Gasteiger partial charge in [0.25, 0.3) is 0 Å². The maximum atomic E-state index is 6.01. The standard InChI is InChI=1S/C11H14ClN3S/c1-7-3-4-16-11(7)10(5-13)15-6-9(12)8(2)14-15/h3-4,6,10H,5,13H2,1-2H3. The molecule has 0 aliphatic rings. The molecule has 1 unspecified atom stereocenters. The van der Waals surface area contributed by atoms with Crippen molar-refractivity contribution in [2.24, 2.45) is 5.73 Å². The van der Waals surface area contributed by atoms with E-state index in [1.54, 1.807) is 11.3 Å². The lowest BCUT2D eigenvalue weighted by molar-refractivity contribution is 0.534. The molecule has 0 spiro atoms. The highest BCUT2D eigenvalue weighted by atomic mass is 35.5. The Labute approximate surface area is 104 Å². The minimum absolute atomic E-state index is 0.0891. The van der Waals surface area contributed by atoms with E-state index in [4.69, 9.17) is 17.3 Å². The van der Waals surface area contributed by atoms with Crippen molar-refractivity contribution in [2.75, 3.05) is 6.54 Å². The molecule has 0 aromatic carbocycles. The number of hydrogen-bond acceptors (Lipinski definition) is 3. The third kappa shape index (κ3) is 2.00. The van der Waals surface area contributed by atoms with Gasteiger partial charge in [-0.2, -0.15) is 5.10 Å². The predicted molar refractivity (Wildman–Crippen MR) is 68.2 cm³/mol. The van der Waals surface area contributed by atoms with Gasteiger partial charge < -0.3 is 5.73 Å². The molecule has 0 aliphatic carbocycles. The molecular weight excluding hydrogens is 242 g/mol. The highest BCUT2D eigenvalue weighted by Crippen LogP contribution is 2.27. The highest BCUT2D eigenvalue weighted by Gasteiger charge is 2.17. The fourth-order valence-corrected chi connectivity index (χ4v) is 2.85. The van der Waals surface area contributed by atoms with Gasteiger partial charge in [0, 0.05) is 17.6 Å². The topological polar surface area (TPSA) is 43.8 Å². The second-order valence-electron chi connectivity index (χ2n) is 3.76. The zero-order valence-electron chi connectivity index (χ0n) is 9.27. The van der Waals surface area contributed by atoms with Crippen LogP contribution in [-0.4, -0.2) is 16.3 Å². The predicted octanol–water partition coefficient (Wildman–Crippen LogP) is 2.76. The zero-order chi connectivity index (χ0) is 11.7. The molecule has 2 rings (SSSR count). The van der Waals surface area contributed by atoms with Crippen LogP contribution < -0.4 is 5.73 Å². The van der Waals surface area contributed by atoms with Gasteiger partial charge in [-0.1, -0.05) is 11.6 Å². The first kappa shape index (κ1) is 11.6. The van der Waals surface area contributed by atoms with Gasteiger partial charge in [0.05, 0.1) is 16.8 Å². The van der Waals surface area contributed by atoms with Gasteiger partial charge in [0.2, 0.25) is 0 Å². The van der Waals surface area contributed by atoms with Crippen LogP contribution in [0.25, 0.3) is 0 Å². The highest BCUT2D eigenvalue weighted by molar-refractivity contribution is 7.10. The number of nitrogens with zero attached hydrogens (tertiary/aromatic N) is 2. The minimum Gasteiger partial charge on any atom is -0.328 e. The molecule has 2 heterocycles. The number of aryl methyl sites for hydroxylation is 2. The quantitative estimate of drug-likeness (QED) is 0.917. The molecule has 0 bridgehead atoms. The van der Waals surface area contributed by atoms with Crippen LogP contribution in [0, 0.1) is 13.8 Å². The van der Waals surface area contributed by atoms with E-state index in [9.17, 15) is 0 Å². The average molecular weight is 256 g/mol. The van der Waals surface area contributed by atoms with Gasteiger partial charge in [0.1, 0.15) is 0 Å². The van der Waals surface area contributed by atoms with Gasteiger partial charge in [-0.15, -0.1) is 11.3 Å². The van der Waals surface area contributed by atoms with E-state index in [2.05, 4.69) is 23.5 Å². The summed E-state index contributed by atoms with van der Waals surface area (Å²) in [7, 11) is 0. The molecule has 2 aromatic heterocycles. The molecule has 3 nitrogen and oxygen atoms in total. The van der Waals surface area contributed by atoms with E-state index in [0.717, 1.165) is 5.69 Å². The van der Waals surface area contributed by atoms with Crippen LogP contribution in [0.4, 0.5) is 0 Å². The van der Waals surface area contributed by atoms with Crippen molar-refractivity contribution in [1.82, 2.24) is 9.78 Å². The van der Waals surface area contributed by atoms with Crippen LogP contribution in [-0.2, 0) is 0 Å². The molecule has 1 atom stereocenters. The Hall–Kier alpha value is -0.840. The van der Waals surface area contributed by atoms with Crippen LogP contribution in [0.1, 0.15) is 22.2 Å². The lowest BCUT2D eigenvalue weighted by Crippen LogP contribution is -2.20. The smallest absolute Gasteiger partial charge is 0.0985 e. The van der Waals surface area contributed by atoms with Crippen LogP contribution in [0.5, 0.6) is 0 Å². The second-order valence-corrected chi connectivity index (χ2v) is 5.12. The summed E-state index contributed by atoms with van der Waals surface area (Å²) in [5.74, 6) is 0. The Morgan fingerprint density at radius 2 is 2.31 bits per heavy atom. The number of halogens is 1. The number of thiophene rings is 1. The van der Waals surface area contributed by atoms with Crippen LogP contribution in [0.15, 0.2) is 17.6 Å². The van der Waals surface area contributed by atoms with Crippen molar-refractivity contribution in [2.45, 2.75) is 19.9 Å². The molecule has 16 heavy (non-hydrogen) atoms. The summed E-state index contributed by atoms with van der Waals surface area (Å²) >= 11 is 7.72. The summed E-state index contributed by atoms with van der Waals surface area (Å²) in [4.78, 5) is 1.25. The van der Waals surface area contributed by atoms with Crippen LogP contribution >= 0.6 is 22.9 Å². The van der Waals surface area contributed by atoms with E-state index >= 15 is 0 Å². The monoisotopic (exact) mass is 255 g/mol. The fraction of sp³-hybridized carbons (Fsp3) is 0.364. The average Bonchev–Trinajstić information content (AvgIpc) is 2.78. The van der Waals surface area contributed by atoms with Crippen molar-refractivity contribution in [3.05, 3.63) is 38.8 Å². The van der Waals surface area contributed by atoms with E-state index in [0.29, 0.717) is 11.6 Å². The number of rotatable bonds is 3. The number of aromatic nitrogens is 2. The van der Waals surface area contributed by atoms with Crippen LogP contribution in [0.3, 0.4) is 0 Å². The molecule has 0 aliphatic heterocycles. The van der Waals surface area contributed by atoms with Crippen molar-refractivity contribution in [1.29, 1.82) is 0 Å². The molecule has 2 aromatic rings. The molecular formula is C11H14ClN3S. The molecule has 0 saturated carbocycles. The van der Waals surface area contributed by atoms with Gasteiger partial charge >= 0.3 is 0 Å². The first-order valence-electron chi connectivity index (χ1n) is 5.08. The first-order valence-corrected chi connectivity index (χ1v) is 6.34. The summed E-state index contributed by atoms with van der Waals surface area (Å²) in [5, 5.41) is 7.15. The fourth-order valence-electron chi connectivity index (χ4n) is 1.68. The summed E-state index contributed by atoms with van der Waals surface area (Å²) < 4.78 is 1.86. The number of nitrogens with two attached hydrogens (primary N) is 1. The summed E-state index contributed by atoms with van der Waals surface area (Å²) in [6, 6.07) is 2.19. The maximum absolute atomic E-state index is 6.01. The Kier molecular flexibility index (Phi) is 3.33. The normalized spacial score (nSPS) is 13.0. The third-order valence-corrected chi connectivity index (χ3v) is 4.09. The molecule has 0 saturated heterocycles. The Morgan fingerprint density at radius 1 is 1.56 bits per heavy atom. The van der Waals surface area contributed by atoms with Gasteiger partial charge in [0.15, 0.2) is 0 Å². The summed E-state index contributed by atoms with van der Waals surface area (Å²) in [5.41, 5.74) is 7.92. The second kappa shape index (κ2) is 4.57. The largest absolute Gasteiger partial charge is 0.328 e. The van der Waals surface area contributed by atoms with E-state index < -0.39 is 0 Å². The lowest BCUT2D eigenvalue weighted by atomic mass is 10.2. The van der Waals surface area contributed by atoms with Crippen LogP contribution in [0.2, 0.25) is 5.02 Å². The third-order valence-electron chi connectivity index (χ3n) is 2.60. The molecule has 0 fully saturated rings. The molecule has 86 valence electrons. The van der Waals surface area contributed by atoms with E-state index in [1.165, 1.54) is 10.4 Å². The summed E-state index contributed by atoms with van der Waals surface area (Å²) in [6.45, 7) is 4.51. The molecule has 0 radical (unpaired) electrons. The molecule has 2 N–H and O–H groups in total.